The predicted octanol–water partition coefficient (Wildman–Crippen LogP) is 2.41. The molecule has 1 nitrogen and oxygen atoms in total. The van der Waals surface area contributed by atoms with Gasteiger partial charge in [-0.1, -0.05) is 30.3 Å². The summed E-state index contributed by atoms with van der Waals surface area (Å²) in [4.78, 5) is 0. The van der Waals surface area contributed by atoms with Gasteiger partial charge in [0.2, 0.25) is 0 Å². The molecular weight excluding hydrogens is 204 g/mol. The van der Waals surface area contributed by atoms with Crippen molar-refractivity contribution in [3.63, 3.8) is 0 Å². The Balaban J connectivity index is -0.000000213. The molecule has 0 saturated carbocycles. The van der Waals surface area contributed by atoms with Crippen molar-refractivity contribution in [2.45, 2.75) is 6.54 Å². The Hall–Kier alpha value is 0.0500. The number of nitrogens with two attached hydrogens (primary N) is 1. The van der Waals surface area contributed by atoms with E-state index in [2.05, 4.69) is 0 Å². The molecule has 0 bridgehead atoms. The maximum atomic E-state index is 5.35. The Morgan fingerprint density at radius 2 is 1.36 bits per heavy atom. The first-order valence-corrected chi connectivity index (χ1v) is 2.67. The highest BCUT2D eigenvalue weighted by Crippen LogP contribution is 1.94. The van der Waals surface area contributed by atoms with E-state index in [9.17, 15) is 0 Å². The average Bonchev–Trinajstić information content (AvgIpc) is 1.90. The second-order valence-electron chi connectivity index (χ2n) is 1.69. The van der Waals surface area contributed by atoms with E-state index in [1.54, 1.807) is 0 Å². The fourth-order valence-corrected chi connectivity index (χ4v) is 0.614. The summed E-state index contributed by atoms with van der Waals surface area (Å²) in [7, 11) is 0. The Bertz CT molecular complexity index is 155. The van der Waals surface area contributed by atoms with E-state index >= 15 is 0 Å². The summed E-state index contributed by atoms with van der Waals surface area (Å²) >= 11 is 0. The molecular formula is C7H12Cl3N. The quantitative estimate of drug-likeness (QED) is 0.767. The molecule has 2 N–H and O–H groups in total. The van der Waals surface area contributed by atoms with Crippen LogP contribution < -0.4 is 5.73 Å². The highest BCUT2D eigenvalue weighted by atomic mass is 35.5. The van der Waals surface area contributed by atoms with E-state index in [-0.39, 0.29) is 37.2 Å². The first kappa shape index (κ1) is 17.2. The topological polar surface area (TPSA) is 26.0 Å². The molecule has 66 valence electrons. The number of hydrogen-bond donors (Lipinski definition) is 1. The van der Waals surface area contributed by atoms with Gasteiger partial charge in [-0.05, 0) is 5.56 Å². The minimum Gasteiger partial charge on any atom is -0.326 e. The summed E-state index contributed by atoms with van der Waals surface area (Å²) in [5, 5.41) is 0. The molecule has 0 aromatic heterocycles. The van der Waals surface area contributed by atoms with Crippen molar-refractivity contribution in [1.29, 1.82) is 0 Å². The molecule has 1 aromatic carbocycles. The highest BCUT2D eigenvalue weighted by molar-refractivity contribution is 5.86. The lowest BCUT2D eigenvalue weighted by Gasteiger charge is -1.90. The van der Waals surface area contributed by atoms with Crippen molar-refractivity contribution >= 4 is 37.2 Å². The molecule has 4 heteroatoms. The molecule has 1 rings (SSSR count). The fraction of sp³-hybridized carbons (Fsp3) is 0.143. The van der Waals surface area contributed by atoms with Crippen LogP contribution in [0.1, 0.15) is 5.56 Å². The van der Waals surface area contributed by atoms with Crippen LogP contribution >= 0.6 is 37.2 Å². The zero-order valence-electron chi connectivity index (χ0n) is 5.90. The van der Waals surface area contributed by atoms with Crippen LogP contribution in [0.3, 0.4) is 0 Å². The van der Waals surface area contributed by atoms with E-state index in [1.807, 2.05) is 30.3 Å². The zero-order valence-corrected chi connectivity index (χ0v) is 8.35. The molecule has 0 unspecified atom stereocenters. The maximum Gasteiger partial charge on any atom is 0.0178 e. The fourth-order valence-electron chi connectivity index (χ4n) is 0.614. The van der Waals surface area contributed by atoms with Gasteiger partial charge in [-0.3, -0.25) is 0 Å². The normalized spacial score (nSPS) is 6.64. The van der Waals surface area contributed by atoms with Crippen LogP contribution in [0.2, 0.25) is 0 Å². The zero-order chi connectivity index (χ0) is 5.82. The number of benzene rings is 1. The van der Waals surface area contributed by atoms with Crippen molar-refractivity contribution in [3.8, 4) is 0 Å². The summed E-state index contributed by atoms with van der Waals surface area (Å²) in [5.74, 6) is 0. The smallest absolute Gasteiger partial charge is 0.0178 e. The van der Waals surface area contributed by atoms with Gasteiger partial charge >= 0.3 is 0 Å². The van der Waals surface area contributed by atoms with Crippen LogP contribution in [0.5, 0.6) is 0 Å². The summed E-state index contributed by atoms with van der Waals surface area (Å²) < 4.78 is 0. The van der Waals surface area contributed by atoms with Crippen LogP contribution in [-0.2, 0) is 6.54 Å². The first-order valence-electron chi connectivity index (χ1n) is 2.67. The second kappa shape index (κ2) is 10.0. The van der Waals surface area contributed by atoms with Crippen molar-refractivity contribution in [2.24, 2.45) is 5.73 Å². The molecule has 11 heavy (non-hydrogen) atoms. The number of halogens is 3. The average molecular weight is 217 g/mol. The van der Waals surface area contributed by atoms with Crippen molar-refractivity contribution in [3.05, 3.63) is 35.9 Å². The lowest BCUT2D eigenvalue weighted by Crippen LogP contribution is -1.94. The third-order valence-corrected chi connectivity index (χ3v) is 1.08. The van der Waals surface area contributed by atoms with Crippen LogP contribution in [0.4, 0.5) is 0 Å². The van der Waals surface area contributed by atoms with E-state index in [1.165, 1.54) is 5.56 Å². The number of rotatable bonds is 1. The van der Waals surface area contributed by atoms with Crippen molar-refractivity contribution < 1.29 is 0 Å². The molecule has 0 fully saturated rings. The van der Waals surface area contributed by atoms with Crippen LogP contribution in [0, 0.1) is 0 Å². The van der Waals surface area contributed by atoms with E-state index < -0.39 is 0 Å². The molecule has 0 radical (unpaired) electrons. The van der Waals surface area contributed by atoms with Gasteiger partial charge in [-0.2, -0.15) is 0 Å². The van der Waals surface area contributed by atoms with Gasteiger partial charge in [-0.15, -0.1) is 37.2 Å². The van der Waals surface area contributed by atoms with Gasteiger partial charge in [-0.25, -0.2) is 0 Å². The standard InChI is InChI=1S/C7H9N.3ClH/c8-6-7-4-2-1-3-5-7;;;/h1-5H,6,8H2;3*1H. The lowest BCUT2D eigenvalue weighted by atomic mass is 10.2. The summed E-state index contributed by atoms with van der Waals surface area (Å²) in [6.45, 7) is 0.640. The van der Waals surface area contributed by atoms with Crippen LogP contribution in [-0.4, -0.2) is 0 Å². The lowest BCUT2D eigenvalue weighted by molar-refractivity contribution is 1.07. The Morgan fingerprint density at radius 3 is 1.64 bits per heavy atom. The van der Waals surface area contributed by atoms with Gasteiger partial charge in [0.05, 0.1) is 0 Å². The van der Waals surface area contributed by atoms with Gasteiger partial charge in [0.25, 0.3) is 0 Å². The third-order valence-electron chi connectivity index (χ3n) is 1.08. The monoisotopic (exact) mass is 215 g/mol. The maximum absolute atomic E-state index is 5.35. The van der Waals surface area contributed by atoms with Crippen LogP contribution in [0.15, 0.2) is 30.3 Å². The molecule has 0 spiro atoms. The molecule has 1 aromatic rings. The minimum atomic E-state index is 0. The summed E-state index contributed by atoms with van der Waals surface area (Å²) in [6, 6.07) is 9.99. The summed E-state index contributed by atoms with van der Waals surface area (Å²) in [5.41, 5.74) is 6.54. The largest absolute Gasteiger partial charge is 0.326 e. The Labute approximate surface area is 85.6 Å². The van der Waals surface area contributed by atoms with Gasteiger partial charge in [0.1, 0.15) is 0 Å². The SMILES string of the molecule is Cl.Cl.Cl.NCc1ccccc1. The molecule has 0 aliphatic carbocycles. The highest BCUT2D eigenvalue weighted by Gasteiger charge is 1.80. The predicted molar refractivity (Wildman–Crippen MR) is 56.1 cm³/mol. The van der Waals surface area contributed by atoms with Gasteiger partial charge in [0, 0.05) is 6.54 Å². The Morgan fingerprint density at radius 1 is 0.909 bits per heavy atom. The first-order chi connectivity index (χ1) is 3.93. The third kappa shape index (κ3) is 6.45. The second-order valence-corrected chi connectivity index (χ2v) is 1.69. The van der Waals surface area contributed by atoms with Gasteiger partial charge in [0.15, 0.2) is 0 Å². The molecule has 0 aliphatic rings. The minimum absolute atomic E-state index is 0. The molecule has 0 amide bonds. The molecule has 0 saturated heterocycles. The van der Waals surface area contributed by atoms with Gasteiger partial charge < -0.3 is 5.73 Å². The molecule has 0 atom stereocenters. The molecule has 0 heterocycles. The van der Waals surface area contributed by atoms with E-state index in [4.69, 9.17) is 5.73 Å². The van der Waals surface area contributed by atoms with Crippen molar-refractivity contribution in [1.82, 2.24) is 0 Å². The van der Waals surface area contributed by atoms with Crippen LogP contribution in [0.25, 0.3) is 0 Å². The van der Waals surface area contributed by atoms with E-state index in [0.717, 1.165) is 0 Å². The van der Waals surface area contributed by atoms with E-state index in [0.29, 0.717) is 6.54 Å². The van der Waals surface area contributed by atoms with Crippen molar-refractivity contribution in [2.75, 3.05) is 0 Å². The summed E-state index contributed by atoms with van der Waals surface area (Å²) in [6.07, 6.45) is 0. The Kier molecular flexibility index (Phi) is 15.7. The number of hydrogen-bond acceptors (Lipinski definition) is 1. The molecule has 0 aliphatic heterocycles.